The Morgan fingerprint density at radius 2 is 2.07 bits per heavy atom. The minimum atomic E-state index is -0.368. The highest BCUT2D eigenvalue weighted by molar-refractivity contribution is 14.0. The van der Waals surface area contributed by atoms with Crippen LogP contribution in [0.1, 0.15) is 36.7 Å². The highest BCUT2D eigenvalue weighted by Gasteiger charge is 2.11. The number of nitrogens with one attached hydrogen (secondary N) is 2. The molecule has 148 valence electrons. The van der Waals surface area contributed by atoms with Crippen molar-refractivity contribution >= 4 is 29.9 Å². The van der Waals surface area contributed by atoms with Crippen molar-refractivity contribution in [3.05, 3.63) is 59.2 Å². The van der Waals surface area contributed by atoms with Crippen LogP contribution in [0, 0.1) is 12.7 Å². The topological polar surface area (TPSA) is 58.5 Å². The number of guanidine groups is 1. The van der Waals surface area contributed by atoms with Crippen molar-refractivity contribution in [1.29, 1.82) is 0 Å². The first kappa shape index (κ1) is 23.1. The van der Waals surface area contributed by atoms with Gasteiger partial charge in [0.15, 0.2) is 17.5 Å². The molecule has 0 aliphatic heterocycles. The van der Waals surface area contributed by atoms with Crippen LogP contribution in [0.4, 0.5) is 4.39 Å². The summed E-state index contributed by atoms with van der Waals surface area (Å²) in [6, 6.07) is 8.95. The Bertz CT molecular complexity index is 737. The third-order valence-electron chi connectivity index (χ3n) is 4.02. The van der Waals surface area contributed by atoms with Crippen molar-refractivity contribution in [1.82, 2.24) is 15.6 Å². The van der Waals surface area contributed by atoms with Gasteiger partial charge in [0.2, 0.25) is 0 Å². The number of nitrogens with zero attached hydrogens (tertiary/aromatic N) is 2. The number of halogens is 2. The molecule has 0 aliphatic carbocycles. The lowest BCUT2D eigenvalue weighted by Crippen LogP contribution is -2.38. The number of hydrogen-bond acceptors (Lipinski definition) is 3. The van der Waals surface area contributed by atoms with Crippen LogP contribution in [0.25, 0.3) is 0 Å². The van der Waals surface area contributed by atoms with Gasteiger partial charge in [-0.15, -0.1) is 24.0 Å². The van der Waals surface area contributed by atoms with Crippen molar-refractivity contribution in [3.63, 3.8) is 0 Å². The molecule has 1 heterocycles. The SMILES string of the molecule is CCNC(=NCCc1ccc(C)nc1)NC(C)c1ccc(OC)c(F)c1.I. The van der Waals surface area contributed by atoms with Crippen LogP contribution in [0.5, 0.6) is 5.75 Å². The molecule has 0 fully saturated rings. The van der Waals surface area contributed by atoms with Crippen LogP contribution in [0.15, 0.2) is 41.5 Å². The van der Waals surface area contributed by atoms with E-state index in [2.05, 4.69) is 26.7 Å². The maximum atomic E-state index is 13.9. The number of benzene rings is 1. The van der Waals surface area contributed by atoms with Crippen LogP contribution in [0.2, 0.25) is 0 Å². The van der Waals surface area contributed by atoms with E-state index in [0.717, 1.165) is 29.8 Å². The molecule has 2 aromatic rings. The van der Waals surface area contributed by atoms with Gasteiger partial charge in [0.25, 0.3) is 0 Å². The number of hydrogen-bond donors (Lipinski definition) is 2. The standard InChI is InChI=1S/C20H27FN4O.HI/c1-5-22-20(23-11-10-16-7-6-14(2)24-13-16)25-15(3)17-8-9-19(26-4)18(21)12-17;/h6-9,12-13,15H,5,10-11H2,1-4H3,(H2,22,23,25);1H. The number of ether oxygens (including phenoxy) is 1. The van der Waals surface area contributed by atoms with Crippen LogP contribution >= 0.6 is 24.0 Å². The van der Waals surface area contributed by atoms with Gasteiger partial charge in [-0.1, -0.05) is 12.1 Å². The van der Waals surface area contributed by atoms with Crippen LogP contribution in [-0.2, 0) is 6.42 Å². The van der Waals surface area contributed by atoms with Crippen LogP contribution in [-0.4, -0.2) is 31.1 Å². The minimum Gasteiger partial charge on any atom is -0.494 e. The molecule has 1 aromatic heterocycles. The van der Waals surface area contributed by atoms with Crippen molar-refractivity contribution in [2.24, 2.45) is 4.99 Å². The fraction of sp³-hybridized carbons (Fsp3) is 0.400. The molecule has 0 aliphatic rings. The van der Waals surface area contributed by atoms with E-state index in [1.807, 2.05) is 39.1 Å². The van der Waals surface area contributed by atoms with E-state index in [0.29, 0.717) is 12.5 Å². The van der Waals surface area contributed by atoms with Crippen molar-refractivity contribution < 1.29 is 9.13 Å². The van der Waals surface area contributed by atoms with E-state index in [1.165, 1.54) is 13.2 Å². The van der Waals surface area contributed by atoms with Crippen molar-refractivity contribution in [2.45, 2.75) is 33.2 Å². The first-order valence-corrected chi connectivity index (χ1v) is 8.83. The molecule has 0 amide bonds. The molecule has 1 atom stereocenters. The van der Waals surface area contributed by atoms with E-state index in [-0.39, 0.29) is 41.6 Å². The molecule has 2 rings (SSSR count). The first-order valence-electron chi connectivity index (χ1n) is 8.83. The molecule has 0 radical (unpaired) electrons. The first-order chi connectivity index (χ1) is 12.5. The molecule has 7 heteroatoms. The third-order valence-corrected chi connectivity index (χ3v) is 4.02. The lowest BCUT2D eigenvalue weighted by atomic mass is 10.1. The summed E-state index contributed by atoms with van der Waals surface area (Å²) in [6.45, 7) is 7.35. The van der Waals surface area contributed by atoms with Gasteiger partial charge in [-0.05, 0) is 56.5 Å². The second-order valence-electron chi connectivity index (χ2n) is 6.08. The van der Waals surface area contributed by atoms with Crippen LogP contribution < -0.4 is 15.4 Å². The molecular weight excluding hydrogens is 458 g/mol. The molecule has 0 saturated carbocycles. The van der Waals surface area contributed by atoms with Gasteiger partial charge >= 0.3 is 0 Å². The molecule has 27 heavy (non-hydrogen) atoms. The molecule has 0 bridgehead atoms. The van der Waals surface area contributed by atoms with Gasteiger partial charge in [-0.2, -0.15) is 0 Å². The summed E-state index contributed by atoms with van der Waals surface area (Å²) in [5, 5.41) is 6.53. The summed E-state index contributed by atoms with van der Waals surface area (Å²) in [4.78, 5) is 8.90. The van der Waals surface area contributed by atoms with Crippen molar-refractivity contribution in [2.75, 3.05) is 20.2 Å². The molecule has 1 unspecified atom stereocenters. The second kappa shape index (κ2) is 11.7. The number of rotatable bonds is 7. The Kier molecular flexibility index (Phi) is 10.1. The summed E-state index contributed by atoms with van der Waals surface area (Å²) in [5.41, 5.74) is 2.99. The average molecular weight is 486 g/mol. The maximum absolute atomic E-state index is 13.9. The number of pyridine rings is 1. The Morgan fingerprint density at radius 3 is 2.67 bits per heavy atom. The Balaban J connectivity index is 0.00000364. The maximum Gasteiger partial charge on any atom is 0.191 e. The fourth-order valence-electron chi connectivity index (χ4n) is 2.50. The molecular formula is C20H28FIN4O. The van der Waals surface area contributed by atoms with E-state index in [4.69, 9.17) is 4.74 Å². The van der Waals surface area contributed by atoms with Gasteiger partial charge in [0, 0.05) is 25.0 Å². The summed E-state index contributed by atoms with van der Waals surface area (Å²) >= 11 is 0. The highest BCUT2D eigenvalue weighted by Crippen LogP contribution is 2.21. The molecule has 2 N–H and O–H groups in total. The summed E-state index contributed by atoms with van der Waals surface area (Å²) in [7, 11) is 1.46. The second-order valence-corrected chi connectivity index (χ2v) is 6.08. The monoisotopic (exact) mass is 486 g/mol. The number of aromatic nitrogens is 1. The van der Waals surface area contributed by atoms with Crippen molar-refractivity contribution in [3.8, 4) is 5.75 Å². The largest absolute Gasteiger partial charge is 0.494 e. The number of aryl methyl sites for hydroxylation is 1. The van der Waals surface area contributed by atoms with Gasteiger partial charge < -0.3 is 15.4 Å². The zero-order valence-electron chi connectivity index (χ0n) is 16.3. The fourth-order valence-corrected chi connectivity index (χ4v) is 2.50. The van der Waals surface area contributed by atoms with E-state index < -0.39 is 0 Å². The third kappa shape index (κ3) is 7.32. The minimum absolute atomic E-state index is 0. The average Bonchev–Trinajstić information content (AvgIpc) is 2.63. The molecule has 0 spiro atoms. The Labute approximate surface area is 177 Å². The Hall–Kier alpha value is -1.90. The van der Waals surface area contributed by atoms with Gasteiger partial charge in [-0.3, -0.25) is 9.98 Å². The lowest BCUT2D eigenvalue weighted by molar-refractivity contribution is 0.386. The van der Waals surface area contributed by atoms with E-state index in [9.17, 15) is 4.39 Å². The Morgan fingerprint density at radius 1 is 1.30 bits per heavy atom. The summed E-state index contributed by atoms with van der Waals surface area (Å²) in [5.74, 6) is 0.581. The highest BCUT2D eigenvalue weighted by atomic mass is 127. The smallest absolute Gasteiger partial charge is 0.191 e. The zero-order chi connectivity index (χ0) is 18.9. The van der Waals surface area contributed by atoms with Gasteiger partial charge in [-0.25, -0.2) is 4.39 Å². The van der Waals surface area contributed by atoms with E-state index >= 15 is 0 Å². The predicted molar refractivity (Wildman–Crippen MR) is 119 cm³/mol. The predicted octanol–water partition coefficient (Wildman–Crippen LogP) is 4.01. The molecule has 1 aromatic carbocycles. The van der Waals surface area contributed by atoms with Crippen LogP contribution in [0.3, 0.4) is 0 Å². The molecule has 0 saturated heterocycles. The normalized spacial score (nSPS) is 12.1. The quantitative estimate of drug-likeness (QED) is 0.353. The summed E-state index contributed by atoms with van der Waals surface area (Å²) in [6.07, 6.45) is 2.70. The number of methoxy groups -OCH3 is 1. The van der Waals surface area contributed by atoms with E-state index in [1.54, 1.807) is 6.07 Å². The zero-order valence-corrected chi connectivity index (χ0v) is 18.6. The summed E-state index contributed by atoms with van der Waals surface area (Å²) < 4.78 is 18.9. The number of aliphatic imine (C=N–C) groups is 1. The lowest BCUT2D eigenvalue weighted by Gasteiger charge is -2.18. The molecule has 5 nitrogen and oxygen atoms in total. The van der Waals surface area contributed by atoms with Gasteiger partial charge in [0.1, 0.15) is 0 Å². The van der Waals surface area contributed by atoms with Gasteiger partial charge in [0.05, 0.1) is 13.2 Å².